The number of para-hydroxylation sites is 2. The minimum atomic E-state index is -5.45. The van der Waals surface area contributed by atoms with Gasteiger partial charge >= 0.3 is 236 Å². The van der Waals surface area contributed by atoms with Gasteiger partial charge in [0.25, 0.3) is 23.6 Å². The van der Waals surface area contributed by atoms with Crippen LogP contribution in [0.4, 0.5) is 11.4 Å². The Bertz CT molecular complexity index is 7300. The van der Waals surface area contributed by atoms with Gasteiger partial charge in [0.05, 0.1) is 53.2 Å². The van der Waals surface area contributed by atoms with Gasteiger partial charge in [-0.05, 0) is 167 Å². The Morgan fingerprint density at radius 3 is 0.806 bits per heavy atom. The smallest absolute Gasteiger partial charge is 0.744 e. The van der Waals surface area contributed by atoms with Crippen LogP contribution in [0.2, 0.25) is 0 Å². The van der Waals surface area contributed by atoms with Gasteiger partial charge in [0, 0.05) is 65.7 Å². The van der Waals surface area contributed by atoms with Crippen molar-refractivity contribution in [1.82, 2.24) is 0 Å². The number of ether oxygens (including phenoxy) is 4. The number of rotatable bonds is 22. The molecule has 17 rings (SSSR count). The molecule has 15 aromatic rings. The maximum Gasteiger partial charge on any atom is 1.00 e. The van der Waals surface area contributed by atoms with Gasteiger partial charge in [-0.1, -0.05) is 118 Å². The van der Waals surface area contributed by atoms with Gasteiger partial charge in [0.2, 0.25) is 0 Å². The first-order valence-corrected chi connectivity index (χ1v) is 45.7. The van der Waals surface area contributed by atoms with E-state index in [0.29, 0.717) is 44.5 Å². The summed E-state index contributed by atoms with van der Waals surface area (Å²) in [5.41, 5.74) is 4.74. The first kappa shape index (κ1) is 112. The molecule has 34 heteroatoms. The quantitative estimate of drug-likeness (QED) is 0.0173. The van der Waals surface area contributed by atoms with Crippen molar-refractivity contribution in [2.24, 2.45) is 0 Å². The van der Waals surface area contributed by atoms with Gasteiger partial charge in [0.15, 0.2) is 0 Å². The number of hydrogen-bond acceptors (Lipinski definition) is 20. The van der Waals surface area contributed by atoms with Crippen molar-refractivity contribution >= 4 is 119 Å². The fourth-order valence-corrected chi connectivity index (χ4v) is 19.5. The molecule has 636 valence electrons. The number of benzene rings is 15. The summed E-state index contributed by atoms with van der Waals surface area (Å²) in [6, 6.07) is 62.5. The Kier molecular flexibility index (Phi) is 36.6. The Morgan fingerprint density at radius 2 is 0.537 bits per heavy atom. The van der Waals surface area contributed by atoms with E-state index >= 15 is 19.2 Å². The van der Waals surface area contributed by atoms with E-state index in [2.05, 4.69) is 24.3 Å². The molecule has 2 aliphatic heterocycles. The van der Waals surface area contributed by atoms with Gasteiger partial charge in [0.1, 0.15) is 75.0 Å². The number of anilines is 2. The standard InChI is InChI=1S/C100H78N2O20S4.8Na/c1-51(2)67-27-19-28-68(52(3)4)95(67)101-97(103)75-47-83(119-79-31-15-13-25-71(79)59-23-17-21-55(9)37-59)89-90-84(120-80-32-16-14-26-72(80)60-24-18-22-56(10)38-60)48-76-88-78(100(106)102(98(76)104)96-69(53(5)6)29-20-30-70(96)54(7)8)50-86(122-82-36-34-64(124(110,111)112)46-74(82)62-40-58(12)42-66(44-62)126(116,117)118)92(94(88)90)91-85(49-77(99(101)105)87(75)93(89)91)121-81-35-33-63(123(107,108)109)45-73(81)61-39-57(11)41-65(43-61)125(113,114)115;;;;;;;;/h15-16,19-54H,1-12H3,(H,107,108,109)(H,110,111,112)(H,113,114,115)(H,116,117,118);;;;;;;;/q-4;8*+1/p-4. The van der Waals surface area contributed by atoms with Crippen LogP contribution in [0.5, 0.6) is 46.0 Å². The molecule has 22 nitrogen and oxygen atoms in total. The molecular formula is C100H74N2Na8O20S4. The Balaban J connectivity index is 0.00000252. The van der Waals surface area contributed by atoms with E-state index in [1.807, 2.05) is 93.5 Å². The Labute approximate surface area is 954 Å². The summed E-state index contributed by atoms with van der Waals surface area (Å²) < 4.78 is 190. The SMILES string of the molecule is Cc1c[c-]cc(-c2c[c-]ccc2Oc2cc3c4c(cc(Oc5ccc(S(=O)(=O)[O-])cc5-c5cc(C)cc(S(=O)(=O)[O-])c5)c5c6c(Oc7ccc(S(=O)(=O)[O-])cc7-c7cc(C)cc(S(=O)(=O)[O-])c7)cc7c8c(cc(Oc9cc[c-]cc9-c9c[c-]cc(C)c9)c(c2c45)c86)C(=O)N(c2c(C(C)C)cccc2C(C)C)C7=O)C(=O)N(c2c(C(C)C)cccc2C(C)C)C3=O)c1.[Na+].[Na+].[Na+].[Na+].[Na+].[Na+].[Na+].[Na+]. The fraction of sp³-hybridized carbons (Fsp3) is 0.160. The average molecular weight is 1940 g/mol. The molecule has 0 atom stereocenters. The summed E-state index contributed by atoms with van der Waals surface area (Å²) in [4.78, 5) is 67.6. The molecule has 0 fully saturated rings. The van der Waals surface area contributed by atoms with Crippen LogP contribution in [0.3, 0.4) is 0 Å². The van der Waals surface area contributed by atoms with E-state index in [-0.39, 0.29) is 393 Å². The van der Waals surface area contributed by atoms with Gasteiger partial charge in [-0.3, -0.25) is 19.2 Å². The number of hydrogen-bond donors (Lipinski definition) is 0. The van der Waals surface area contributed by atoms with Crippen molar-refractivity contribution in [2.75, 3.05) is 9.80 Å². The van der Waals surface area contributed by atoms with Crippen molar-refractivity contribution in [3.8, 4) is 90.5 Å². The van der Waals surface area contributed by atoms with Crippen molar-refractivity contribution in [3.63, 3.8) is 0 Å². The van der Waals surface area contributed by atoms with Gasteiger partial charge in [-0.25, -0.2) is 43.5 Å². The van der Waals surface area contributed by atoms with E-state index in [1.54, 1.807) is 84.9 Å². The molecule has 0 saturated heterocycles. The van der Waals surface area contributed by atoms with Crippen LogP contribution in [0.1, 0.15) is 165 Å². The van der Waals surface area contributed by atoms with Gasteiger partial charge < -0.3 is 37.2 Å². The minimum absolute atomic E-state index is 0. The predicted octanol–water partition coefficient (Wildman–Crippen LogP) is -2.25. The fourth-order valence-electron chi connectivity index (χ4n) is 17.3. The van der Waals surface area contributed by atoms with Crippen LogP contribution in [-0.4, -0.2) is 75.5 Å². The molecule has 0 N–H and O–H groups in total. The summed E-state index contributed by atoms with van der Waals surface area (Å²) in [5, 5.41) is -0.938. The summed E-state index contributed by atoms with van der Waals surface area (Å²) in [7, 11) is -21.6. The molecule has 0 bridgehead atoms. The van der Waals surface area contributed by atoms with Crippen molar-refractivity contribution < 1.29 is 326 Å². The van der Waals surface area contributed by atoms with E-state index in [0.717, 1.165) is 81.6 Å². The zero-order chi connectivity index (χ0) is 89.7. The Morgan fingerprint density at radius 1 is 0.261 bits per heavy atom. The second kappa shape index (κ2) is 43.7. The van der Waals surface area contributed by atoms with Crippen molar-refractivity contribution in [3.05, 3.63) is 297 Å². The predicted molar refractivity (Wildman–Crippen MR) is 473 cm³/mol. The molecule has 134 heavy (non-hydrogen) atoms. The maximum atomic E-state index is 17.2. The number of nitrogens with zero attached hydrogens (tertiary/aromatic N) is 2. The van der Waals surface area contributed by atoms with Crippen LogP contribution in [-0.2, 0) is 40.5 Å². The molecule has 2 heterocycles. The molecule has 2 aliphatic rings. The number of amides is 4. The minimum Gasteiger partial charge on any atom is -0.744 e. The van der Waals surface area contributed by atoms with E-state index < -0.39 is 107 Å². The average Bonchev–Trinajstić information content (AvgIpc) is 0.667. The number of imide groups is 2. The van der Waals surface area contributed by atoms with E-state index in [9.17, 15) is 51.9 Å². The number of fused-ring (bicyclic) bond motifs is 2. The summed E-state index contributed by atoms with van der Waals surface area (Å²) in [6.07, 6.45) is 0. The number of carbonyl (C=O) groups is 4. The third-order valence-corrected chi connectivity index (χ3v) is 26.1. The zero-order valence-corrected chi connectivity index (χ0v) is 96.9. The van der Waals surface area contributed by atoms with Crippen LogP contribution in [0.15, 0.2) is 226 Å². The van der Waals surface area contributed by atoms with Gasteiger partial charge in [-0.15, -0.1) is 23.3 Å². The number of aryl methyl sites for hydroxylation is 4. The zero-order valence-electron chi connectivity index (χ0n) is 77.6. The third kappa shape index (κ3) is 21.3. The van der Waals surface area contributed by atoms with E-state index in [4.69, 9.17) is 18.9 Å². The molecule has 15 aromatic carbocycles. The van der Waals surface area contributed by atoms with Crippen LogP contribution in [0, 0.1) is 52.0 Å². The molecule has 0 radical (unpaired) electrons. The summed E-state index contributed by atoms with van der Waals surface area (Å²) in [5.74, 6) is -6.85. The van der Waals surface area contributed by atoms with Gasteiger partial charge in [-0.2, -0.15) is 107 Å². The molecule has 0 aromatic heterocycles. The maximum absolute atomic E-state index is 17.2. The van der Waals surface area contributed by atoms with Crippen molar-refractivity contribution in [1.29, 1.82) is 0 Å². The van der Waals surface area contributed by atoms with Crippen LogP contribution < -0.4 is 265 Å². The first-order chi connectivity index (χ1) is 59.6. The molecule has 0 saturated carbocycles. The molecule has 0 spiro atoms. The third-order valence-electron chi connectivity index (χ3n) is 22.8. The van der Waals surface area contributed by atoms with E-state index in [1.165, 1.54) is 50.2 Å². The summed E-state index contributed by atoms with van der Waals surface area (Å²) in [6.45, 7) is 21.9. The molecular weight excluding hydrogens is 1860 g/mol. The molecule has 0 aliphatic carbocycles. The summed E-state index contributed by atoms with van der Waals surface area (Å²) >= 11 is 0. The normalized spacial score (nSPS) is 12.5. The van der Waals surface area contributed by atoms with Crippen molar-refractivity contribution in [2.45, 2.75) is 126 Å². The molecule has 0 unspecified atom stereocenters. The van der Waals surface area contributed by atoms with Crippen LogP contribution >= 0.6 is 0 Å². The topological polar surface area (TPSA) is 340 Å². The van der Waals surface area contributed by atoms with Crippen LogP contribution in [0.25, 0.3) is 87.6 Å². The largest absolute Gasteiger partial charge is 1.00 e. The second-order valence-corrected chi connectivity index (χ2v) is 38.3. The second-order valence-electron chi connectivity index (χ2n) is 32.8. The Hall–Kier alpha value is -5.28. The first-order valence-electron chi connectivity index (χ1n) is 40.1. The molecule has 4 amide bonds. The number of carbonyl (C=O) groups excluding carboxylic acids is 4. The monoisotopic (exact) mass is 1930 g/mol.